The van der Waals surface area contributed by atoms with Gasteiger partial charge in [-0.3, -0.25) is 0 Å². The van der Waals surface area contributed by atoms with Gasteiger partial charge in [-0.2, -0.15) is 0 Å². The molecule has 1 aromatic heterocycles. The van der Waals surface area contributed by atoms with Gasteiger partial charge in [0.15, 0.2) is 0 Å². The van der Waals surface area contributed by atoms with Crippen LogP contribution < -0.4 is 10.1 Å². The number of hydrogen-bond donors (Lipinski definition) is 1. The highest BCUT2D eigenvalue weighted by atomic mass is 16.5. The number of methoxy groups -OCH3 is 2. The van der Waals surface area contributed by atoms with Crippen molar-refractivity contribution in [3.8, 4) is 5.75 Å². The normalized spacial score (nSPS) is 10.6. The number of nitrogens with zero attached hydrogens (tertiary/aromatic N) is 2. The summed E-state index contributed by atoms with van der Waals surface area (Å²) in [5.74, 6) is 1.81. The molecule has 0 aliphatic rings. The van der Waals surface area contributed by atoms with Gasteiger partial charge in [-0.15, -0.1) is 0 Å². The van der Waals surface area contributed by atoms with E-state index in [2.05, 4.69) is 27.0 Å². The maximum atomic E-state index is 5.17. The van der Waals surface area contributed by atoms with E-state index in [1.54, 1.807) is 14.2 Å². The Bertz CT molecular complexity index is 523. The Morgan fingerprint density at radius 2 is 2.00 bits per heavy atom. The molecule has 0 saturated heterocycles. The molecule has 1 heterocycles. The topological polar surface area (TPSA) is 48.3 Å². The smallest absolute Gasteiger partial charge is 0.202 e. The van der Waals surface area contributed by atoms with Gasteiger partial charge in [-0.1, -0.05) is 12.1 Å². The molecule has 114 valence electrons. The van der Waals surface area contributed by atoms with Crippen LogP contribution in [0.3, 0.4) is 0 Å². The van der Waals surface area contributed by atoms with E-state index in [9.17, 15) is 0 Å². The van der Waals surface area contributed by atoms with Gasteiger partial charge >= 0.3 is 0 Å². The number of nitrogens with one attached hydrogen (secondary N) is 1. The number of anilines is 1. The zero-order valence-corrected chi connectivity index (χ0v) is 12.7. The molecule has 2 aromatic rings. The van der Waals surface area contributed by atoms with Crippen molar-refractivity contribution in [1.82, 2.24) is 9.55 Å². The molecule has 1 N–H and O–H groups in total. The zero-order chi connectivity index (χ0) is 14.9. The van der Waals surface area contributed by atoms with Crippen molar-refractivity contribution in [3.63, 3.8) is 0 Å². The summed E-state index contributed by atoms with van der Waals surface area (Å²) in [6.07, 6.45) is 5.77. The van der Waals surface area contributed by atoms with Crippen molar-refractivity contribution in [2.75, 3.05) is 32.7 Å². The van der Waals surface area contributed by atoms with Crippen LogP contribution in [0.25, 0.3) is 0 Å². The van der Waals surface area contributed by atoms with Gasteiger partial charge in [0.25, 0.3) is 0 Å². The van der Waals surface area contributed by atoms with E-state index in [1.807, 2.05) is 24.5 Å². The van der Waals surface area contributed by atoms with Crippen LogP contribution in [0.1, 0.15) is 12.0 Å². The minimum Gasteiger partial charge on any atom is -0.497 e. The van der Waals surface area contributed by atoms with Crippen molar-refractivity contribution in [2.24, 2.45) is 0 Å². The fourth-order valence-corrected chi connectivity index (χ4v) is 2.12. The summed E-state index contributed by atoms with van der Waals surface area (Å²) in [6, 6.07) is 8.18. The summed E-state index contributed by atoms with van der Waals surface area (Å²) in [6.45, 7) is 2.53. The van der Waals surface area contributed by atoms with Crippen LogP contribution in [0.15, 0.2) is 36.7 Å². The van der Waals surface area contributed by atoms with Crippen molar-refractivity contribution in [2.45, 2.75) is 19.4 Å². The molecule has 0 spiro atoms. The van der Waals surface area contributed by atoms with Crippen molar-refractivity contribution >= 4 is 5.95 Å². The molecule has 0 aliphatic carbocycles. The van der Waals surface area contributed by atoms with E-state index in [0.717, 1.165) is 44.2 Å². The zero-order valence-electron chi connectivity index (χ0n) is 12.7. The Hall–Kier alpha value is -2.01. The van der Waals surface area contributed by atoms with Gasteiger partial charge in [0.2, 0.25) is 5.95 Å². The third kappa shape index (κ3) is 4.79. The largest absolute Gasteiger partial charge is 0.497 e. The number of aryl methyl sites for hydroxylation is 2. The monoisotopic (exact) mass is 289 g/mol. The molecular weight excluding hydrogens is 266 g/mol. The van der Waals surface area contributed by atoms with Crippen LogP contribution >= 0.6 is 0 Å². The van der Waals surface area contributed by atoms with Crippen LogP contribution in [-0.2, 0) is 17.7 Å². The second-order valence-corrected chi connectivity index (χ2v) is 4.82. The fourth-order valence-electron chi connectivity index (χ4n) is 2.12. The van der Waals surface area contributed by atoms with Gasteiger partial charge in [0, 0.05) is 39.2 Å². The first-order valence-corrected chi connectivity index (χ1v) is 7.20. The van der Waals surface area contributed by atoms with Gasteiger partial charge in [0.1, 0.15) is 5.75 Å². The average molecular weight is 289 g/mol. The molecule has 5 nitrogen and oxygen atoms in total. The number of rotatable bonds is 9. The predicted molar refractivity (Wildman–Crippen MR) is 83.9 cm³/mol. The van der Waals surface area contributed by atoms with E-state index in [1.165, 1.54) is 5.56 Å². The van der Waals surface area contributed by atoms with Gasteiger partial charge in [0.05, 0.1) is 7.11 Å². The molecule has 2 rings (SSSR count). The van der Waals surface area contributed by atoms with Crippen molar-refractivity contribution in [1.29, 1.82) is 0 Å². The third-order valence-electron chi connectivity index (χ3n) is 3.32. The Morgan fingerprint density at radius 3 is 2.71 bits per heavy atom. The van der Waals surface area contributed by atoms with E-state index in [-0.39, 0.29) is 0 Å². The molecule has 0 saturated carbocycles. The fraction of sp³-hybridized carbons (Fsp3) is 0.438. The lowest BCUT2D eigenvalue weighted by Crippen LogP contribution is -2.11. The number of imidazole rings is 1. The standard InChI is InChI=1S/C16H23N3O2/c1-20-13-3-9-17-16-18-10-12-19(16)11-8-14-4-6-15(21-2)7-5-14/h4-7,10,12H,3,8-9,11,13H2,1-2H3,(H,17,18). The SMILES string of the molecule is COCCCNc1nccn1CCc1ccc(OC)cc1. The molecule has 0 radical (unpaired) electrons. The molecule has 0 unspecified atom stereocenters. The van der Waals surface area contributed by atoms with Crippen molar-refractivity contribution < 1.29 is 9.47 Å². The number of ether oxygens (including phenoxy) is 2. The lowest BCUT2D eigenvalue weighted by molar-refractivity contribution is 0.197. The average Bonchev–Trinajstić information content (AvgIpc) is 2.97. The Labute approximate surface area is 125 Å². The molecule has 0 bridgehead atoms. The Morgan fingerprint density at radius 1 is 1.19 bits per heavy atom. The summed E-state index contributed by atoms with van der Waals surface area (Å²) >= 11 is 0. The maximum absolute atomic E-state index is 5.17. The third-order valence-corrected chi connectivity index (χ3v) is 3.32. The van der Waals surface area contributed by atoms with Gasteiger partial charge < -0.3 is 19.4 Å². The lowest BCUT2D eigenvalue weighted by Gasteiger charge is -2.10. The maximum Gasteiger partial charge on any atom is 0.202 e. The predicted octanol–water partition coefficient (Wildman–Crippen LogP) is 2.58. The highest BCUT2D eigenvalue weighted by Crippen LogP contribution is 2.13. The highest BCUT2D eigenvalue weighted by Gasteiger charge is 2.02. The molecule has 0 atom stereocenters. The summed E-state index contributed by atoms with van der Waals surface area (Å²) in [7, 11) is 3.40. The van der Waals surface area contributed by atoms with E-state index < -0.39 is 0 Å². The summed E-state index contributed by atoms with van der Waals surface area (Å²) in [5, 5.41) is 3.33. The van der Waals surface area contributed by atoms with Crippen LogP contribution in [0.4, 0.5) is 5.95 Å². The first-order valence-electron chi connectivity index (χ1n) is 7.20. The second-order valence-electron chi connectivity index (χ2n) is 4.82. The van der Waals surface area contributed by atoms with E-state index in [4.69, 9.17) is 9.47 Å². The Balaban J connectivity index is 1.83. The molecular formula is C16H23N3O2. The number of hydrogen-bond acceptors (Lipinski definition) is 4. The van der Waals surface area contributed by atoms with E-state index in [0.29, 0.717) is 0 Å². The minimum absolute atomic E-state index is 0.763. The summed E-state index contributed by atoms with van der Waals surface area (Å²) < 4.78 is 12.3. The second kappa shape index (κ2) is 8.32. The highest BCUT2D eigenvalue weighted by molar-refractivity contribution is 5.28. The number of aromatic nitrogens is 2. The number of benzene rings is 1. The molecule has 0 aliphatic heterocycles. The van der Waals surface area contributed by atoms with Crippen LogP contribution in [0.5, 0.6) is 5.75 Å². The molecule has 21 heavy (non-hydrogen) atoms. The van der Waals surface area contributed by atoms with E-state index >= 15 is 0 Å². The van der Waals surface area contributed by atoms with Crippen LogP contribution in [0.2, 0.25) is 0 Å². The van der Waals surface area contributed by atoms with Crippen molar-refractivity contribution in [3.05, 3.63) is 42.2 Å². The first-order chi connectivity index (χ1) is 10.3. The van der Waals surface area contributed by atoms with Gasteiger partial charge in [-0.25, -0.2) is 4.98 Å². The molecule has 0 fully saturated rings. The van der Waals surface area contributed by atoms with Crippen LogP contribution in [-0.4, -0.2) is 36.9 Å². The quantitative estimate of drug-likeness (QED) is 0.721. The lowest BCUT2D eigenvalue weighted by atomic mass is 10.1. The molecule has 1 aromatic carbocycles. The van der Waals surface area contributed by atoms with Gasteiger partial charge in [-0.05, 0) is 30.5 Å². The van der Waals surface area contributed by atoms with Crippen LogP contribution in [0, 0.1) is 0 Å². The first kappa shape index (κ1) is 15.4. The summed E-state index contributed by atoms with van der Waals surface area (Å²) in [4.78, 5) is 4.34. The molecule has 5 heteroatoms. The minimum atomic E-state index is 0.763. The molecule has 0 amide bonds. The summed E-state index contributed by atoms with van der Waals surface area (Å²) in [5.41, 5.74) is 1.29. The Kier molecular flexibility index (Phi) is 6.09.